The highest BCUT2D eigenvalue weighted by Crippen LogP contribution is 2.35. The quantitative estimate of drug-likeness (QED) is 0.693. The lowest BCUT2D eigenvalue weighted by molar-refractivity contribution is 0.970. The first kappa shape index (κ1) is 11.8. The topological polar surface area (TPSA) is 54.8 Å². The van der Waals surface area contributed by atoms with E-state index in [1.165, 1.54) is 11.8 Å². The molecule has 92 valence electrons. The highest BCUT2D eigenvalue weighted by Gasteiger charge is 2.11. The van der Waals surface area contributed by atoms with Crippen molar-refractivity contribution < 1.29 is 0 Å². The van der Waals surface area contributed by atoms with Gasteiger partial charge in [0.05, 0.1) is 0 Å². The van der Waals surface area contributed by atoms with Crippen molar-refractivity contribution in [3.63, 3.8) is 0 Å². The molecule has 18 heavy (non-hydrogen) atoms. The molecular weight excluding hydrogens is 286 g/mol. The molecule has 8 heteroatoms. The molecule has 0 amide bonds. The largest absolute Gasteiger partial charge is 0.353 e. The van der Waals surface area contributed by atoms with Gasteiger partial charge in [0.15, 0.2) is 4.34 Å². The van der Waals surface area contributed by atoms with Gasteiger partial charge in [-0.1, -0.05) is 11.3 Å². The van der Waals surface area contributed by atoms with Gasteiger partial charge in [0.2, 0.25) is 5.13 Å². The lowest BCUT2D eigenvalue weighted by atomic mass is 10.4. The number of anilines is 1. The van der Waals surface area contributed by atoms with Crippen molar-refractivity contribution in [1.29, 1.82) is 0 Å². The van der Waals surface area contributed by atoms with Gasteiger partial charge < -0.3 is 4.90 Å². The molecule has 0 unspecified atom stereocenters. The lowest BCUT2D eigenvalue weighted by Crippen LogP contribution is -2.07. The van der Waals surface area contributed by atoms with Crippen LogP contribution in [0.3, 0.4) is 0 Å². The van der Waals surface area contributed by atoms with Crippen LogP contribution < -0.4 is 4.90 Å². The van der Waals surface area contributed by atoms with E-state index in [-0.39, 0.29) is 0 Å². The van der Waals surface area contributed by atoms with Gasteiger partial charge in [0.25, 0.3) is 0 Å². The van der Waals surface area contributed by atoms with E-state index < -0.39 is 0 Å². The Morgan fingerprint density at radius 2 is 2.11 bits per heavy atom. The lowest BCUT2D eigenvalue weighted by Gasteiger charge is -2.03. The molecule has 0 aliphatic carbocycles. The summed E-state index contributed by atoms with van der Waals surface area (Å²) in [5.74, 6) is 0. The number of thiophene rings is 1. The summed E-state index contributed by atoms with van der Waals surface area (Å²) in [6.45, 7) is 0. The zero-order valence-corrected chi connectivity index (χ0v) is 12.1. The predicted octanol–water partition coefficient (Wildman–Crippen LogP) is 2.76. The van der Waals surface area contributed by atoms with E-state index in [2.05, 4.69) is 20.2 Å². The average molecular weight is 295 g/mol. The summed E-state index contributed by atoms with van der Waals surface area (Å²) in [4.78, 5) is 11.5. The third-order valence-electron chi connectivity index (χ3n) is 2.19. The van der Waals surface area contributed by atoms with E-state index in [1.54, 1.807) is 29.0 Å². The van der Waals surface area contributed by atoms with Gasteiger partial charge in [-0.3, -0.25) is 0 Å². The van der Waals surface area contributed by atoms with Gasteiger partial charge in [-0.25, -0.2) is 9.97 Å². The molecule has 0 radical (unpaired) electrons. The summed E-state index contributed by atoms with van der Waals surface area (Å²) in [7, 11) is 3.91. The van der Waals surface area contributed by atoms with Crippen LogP contribution in [0, 0.1) is 0 Å². The molecule has 0 N–H and O–H groups in total. The highest BCUT2D eigenvalue weighted by atomic mass is 32.2. The Hall–Kier alpha value is -1.25. The van der Waals surface area contributed by atoms with E-state index in [0.29, 0.717) is 0 Å². The number of aromatic nitrogens is 4. The zero-order valence-electron chi connectivity index (χ0n) is 9.69. The molecule has 3 rings (SSSR count). The smallest absolute Gasteiger partial charge is 0.208 e. The van der Waals surface area contributed by atoms with Crippen LogP contribution in [0.2, 0.25) is 0 Å². The van der Waals surface area contributed by atoms with Crippen molar-refractivity contribution >= 4 is 49.8 Å². The zero-order chi connectivity index (χ0) is 12.5. The fourth-order valence-electron chi connectivity index (χ4n) is 1.36. The fraction of sp³-hybridized carbons (Fsp3) is 0.200. The molecule has 3 aromatic rings. The van der Waals surface area contributed by atoms with Crippen LogP contribution in [0.15, 0.2) is 27.1 Å². The summed E-state index contributed by atoms with van der Waals surface area (Å²) in [6.07, 6.45) is 1.59. The number of hydrogen-bond donors (Lipinski definition) is 0. The Morgan fingerprint density at radius 1 is 1.22 bits per heavy atom. The van der Waals surface area contributed by atoms with Gasteiger partial charge >= 0.3 is 0 Å². The third kappa shape index (κ3) is 2.18. The molecule has 0 spiro atoms. The SMILES string of the molecule is CN(C)c1nnc(Sc2ncnc3sccc23)s1. The normalized spacial score (nSPS) is 11.0. The van der Waals surface area contributed by atoms with Crippen molar-refractivity contribution in [2.24, 2.45) is 0 Å². The Labute approximate surface area is 116 Å². The maximum Gasteiger partial charge on any atom is 0.208 e. The average Bonchev–Trinajstić information content (AvgIpc) is 2.97. The Balaban J connectivity index is 1.93. The first-order valence-corrected chi connectivity index (χ1v) is 7.62. The molecule has 3 aromatic heterocycles. The van der Waals surface area contributed by atoms with Crippen molar-refractivity contribution in [2.75, 3.05) is 19.0 Å². The summed E-state index contributed by atoms with van der Waals surface area (Å²) >= 11 is 4.71. The van der Waals surface area contributed by atoms with Crippen LogP contribution in [0.25, 0.3) is 10.2 Å². The minimum absolute atomic E-state index is 0.893. The molecule has 0 saturated heterocycles. The monoisotopic (exact) mass is 295 g/mol. The van der Waals surface area contributed by atoms with Crippen molar-refractivity contribution in [2.45, 2.75) is 9.37 Å². The second-order valence-corrected chi connectivity index (χ2v) is 6.75. The van der Waals surface area contributed by atoms with E-state index in [4.69, 9.17) is 0 Å². The van der Waals surface area contributed by atoms with Crippen LogP contribution in [0.1, 0.15) is 0 Å². The molecule has 3 heterocycles. The molecule has 0 saturated carbocycles. The van der Waals surface area contributed by atoms with E-state index >= 15 is 0 Å². The van der Waals surface area contributed by atoms with Gasteiger partial charge in [0.1, 0.15) is 16.2 Å². The molecule has 0 aliphatic rings. The second kappa shape index (κ2) is 4.79. The highest BCUT2D eigenvalue weighted by molar-refractivity contribution is 8.01. The van der Waals surface area contributed by atoms with Crippen molar-refractivity contribution in [1.82, 2.24) is 20.2 Å². The van der Waals surface area contributed by atoms with Gasteiger partial charge in [-0.05, 0) is 23.2 Å². The van der Waals surface area contributed by atoms with E-state index in [9.17, 15) is 0 Å². The molecule has 0 aromatic carbocycles. The Kier molecular flexibility index (Phi) is 3.14. The maximum absolute atomic E-state index is 4.31. The molecule has 0 fully saturated rings. The minimum atomic E-state index is 0.893. The van der Waals surface area contributed by atoms with Gasteiger partial charge in [-0.15, -0.1) is 21.5 Å². The first-order valence-electron chi connectivity index (χ1n) is 5.11. The van der Waals surface area contributed by atoms with Crippen molar-refractivity contribution in [3.05, 3.63) is 17.8 Å². The fourth-order valence-corrected chi connectivity index (χ4v) is 3.90. The summed E-state index contributed by atoms with van der Waals surface area (Å²) < 4.78 is 0.893. The number of hydrogen-bond acceptors (Lipinski definition) is 8. The molecule has 0 bridgehead atoms. The summed E-state index contributed by atoms with van der Waals surface area (Å²) in [5, 5.41) is 13.2. The van der Waals surface area contributed by atoms with Crippen LogP contribution >= 0.6 is 34.4 Å². The van der Waals surface area contributed by atoms with Crippen LogP contribution in [-0.2, 0) is 0 Å². The minimum Gasteiger partial charge on any atom is -0.353 e. The summed E-state index contributed by atoms with van der Waals surface area (Å²) in [6, 6.07) is 2.04. The third-order valence-corrected chi connectivity index (χ3v) is 5.17. The first-order chi connectivity index (χ1) is 8.74. The number of nitrogens with zero attached hydrogens (tertiary/aromatic N) is 5. The molecule has 5 nitrogen and oxygen atoms in total. The van der Waals surface area contributed by atoms with Gasteiger partial charge in [-0.2, -0.15) is 0 Å². The predicted molar refractivity (Wildman–Crippen MR) is 75.8 cm³/mol. The molecular formula is C10H9N5S3. The Morgan fingerprint density at radius 3 is 2.89 bits per heavy atom. The second-order valence-electron chi connectivity index (χ2n) is 3.67. The number of fused-ring (bicyclic) bond motifs is 1. The Bertz CT molecular complexity index is 675. The molecule has 0 atom stereocenters. The van der Waals surface area contributed by atoms with Crippen molar-refractivity contribution in [3.8, 4) is 0 Å². The van der Waals surface area contributed by atoms with E-state index in [0.717, 1.165) is 24.7 Å². The molecule has 0 aliphatic heterocycles. The van der Waals surface area contributed by atoms with Gasteiger partial charge in [0, 0.05) is 19.5 Å². The van der Waals surface area contributed by atoms with Crippen LogP contribution in [0.5, 0.6) is 0 Å². The van der Waals surface area contributed by atoms with E-state index in [1.807, 2.05) is 30.4 Å². The number of rotatable bonds is 3. The van der Waals surface area contributed by atoms with Crippen LogP contribution in [0.4, 0.5) is 5.13 Å². The summed E-state index contributed by atoms with van der Waals surface area (Å²) in [5.41, 5.74) is 0. The standard InChI is InChI=1S/C10H9N5S3/c1-15(2)9-13-14-10(18-9)17-8-6-3-4-16-7(6)11-5-12-8/h3-5H,1-2H3. The van der Waals surface area contributed by atoms with Crippen LogP contribution in [-0.4, -0.2) is 34.3 Å². The maximum atomic E-state index is 4.31.